The molecule has 460 valence electrons. The highest BCUT2D eigenvalue weighted by Crippen LogP contribution is 2.16. The van der Waals surface area contributed by atoms with Gasteiger partial charge in [-0.05, 0) is 135 Å². The first-order valence-electron chi connectivity index (χ1n) is 33.7. The summed E-state index contributed by atoms with van der Waals surface area (Å²) >= 11 is 0. The minimum atomic E-state index is -0.797. The monoisotopic (exact) mass is 1120 g/mol. The van der Waals surface area contributed by atoms with E-state index < -0.39 is 6.10 Å². The van der Waals surface area contributed by atoms with Crippen LogP contribution in [0.4, 0.5) is 0 Å². The highest BCUT2D eigenvalue weighted by atomic mass is 16.6. The molecule has 0 fully saturated rings. The molecule has 0 aromatic heterocycles. The topological polar surface area (TPSA) is 78.9 Å². The van der Waals surface area contributed by atoms with Gasteiger partial charge in [-0.1, -0.05) is 283 Å². The number of hydrogen-bond donors (Lipinski definition) is 0. The molecule has 0 amide bonds. The predicted octanol–water partition coefficient (Wildman–Crippen LogP) is 23.3. The smallest absolute Gasteiger partial charge is 0.306 e. The summed E-state index contributed by atoms with van der Waals surface area (Å²) in [5, 5.41) is 0. The van der Waals surface area contributed by atoms with Gasteiger partial charge in [-0.2, -0.15) is 0 Å². The van der Waals surface area contributed by atoms with Crippen molar-refractivity contribution in [2.24, 2.45) is 0 Å². The van der Waals surface area contributed by atoms with Gasteiger partial charge in [0.05, 0.1) is 0 Å². The van der Waals surface area contributed by atoms with Crippen LogP contribution < -0.4 is 0 Å². The second-order valence-corrected chi connectivity index (χ2v) is 22.0. The zero-order valence-electron chi connectivity index (χ0n) is 52.8. The van der Waals surface area contributed by atoms with Crippen molar-refractivity contribution in [3.63, 3.8) is 0 Å². The molecule has 0 saturated heterocycles. The van der Waals surface area contributed by atoms with Gasteiger partial charge in [0.2, 0.25) is 0 Å². The van der Waals surface area contributed by atoms with Gasteiger partial charge in [0, 0.05) is 19.3 Å². The number of ether oxygens (including phenoxy) is 3. The second-order valence-electron chi connectivity index (χ2n) is 22.0. The lowest BCUT2D eigenvalue weighted by molar-refractivity contribution is -0.167. The van der Waals surface area contributed by atoms with Crippen LogP contribution in [0.5, 0.6) is 0 Å². The molecule has 0 rings (SSSR count). The van der Waals surface area contributed by atoms with Crippen LogP contribution in [0.3, 0.4) is 0 Å². The normalized spacial score (nSPS) is 13.0. The number of rotatable bonds is 60. The number of carbonyl (C=O) groups excluding carboxylic acids is 3. The van der Waals surface area contributed by atoms with Gasteiger partial charge in [0.1, 0.15) is 13.2 Å². The Morgan fingerprint density at radius 1 is 0.259 bits per heavy atom. The molecule has 0 spiro atoms. The molecule has 1 atom stereocenters. The molecule has 0 heterocycles. The largest absolute Gasteiger partial charge is 0.462 e. The van der Waals surface area contributed by atoms with Crippen molar-refractivity contribution in [3.05, 3.63) is 134 Å². The van der Waals surface area contributed by atoms with E-state index in [-0.39, 0.29) is 31.1 Å². The highest BCUT2D eigenvalue weighted by Gasteiger charge is 2.19. The molecule has 0 aliphatic rings. The summed E-state index contributed by atoms with van der Waals surface area (Å²) in [6.07, 6.45) is 96.1. The molecule has 0 bridgehead atoms. The molecule has 1 unspecified atom stereocenters. The molecule has 0 radical (unpaired) electrons. The zero-order chi connectivity index (χ0) is 58.5. The fourth-order valence-corrected chi connectivity index (χ4v) is 9.08. The van der Waals surface area contributed by atoms with Gasteiger partial charge < -0.3 is 14.2 Å². The lowest BCUT2D eigenvalue weighted by Crippen LogP contribution is -2.30. The maximum Gasteiger partial charge on any atom is 0.306 e. The maximum atomic E-state index is 12.9. The Morgan fingerprint density at radius 3 is 0.802 bits per heavy atom. The standard InChI is InChI=1S/C75H124O6/c1-4-7-10-13-16-19-22-25-27-29-31-32-33-34-35-36-37-38-39-40-41-42-44-45-47-50-53-56-59-62-65-68-74(77)80-71-72(70-79-73(76)67-64-61-58-55-52-49-24-21-18-15-12-9-6-3)81-75(78)69-66-63-60-57-54-51-48-46-43-30-28-26-23-20-17-14-11-8-5-2/h7,10,12,15-17,19-21,24-28,31-32,34-35,37-38,43,46,72H,4-6,8-9,11,13-14,18,22-23,29-30,33,36,39-42,44-45,47-71H2,1-3H3/b10-7-,15-12-,19-16-,20-17-,24-21-,27-25-,28-26-,32-31-,35-34-,38-37-,46-43-. The number of hydrogen-bond acceptors (Lipinski definition) is 6. The summed E-state index contributed by atoms with van der Waals surface area (Å²) < 4.78 is 16.9. The van der Waals surface area contributed by atoms with E-state index in [1.807, 2.05) is 0 Å². The Hall–Kier alpha value is -4.45. The van der Waals surface area contributed by atoms with Crippen LogP contribution in [0, 0.1) is 0 Å². The van der Waals surface area contributed by atoms with E-state index in [1.165, 1.54) is 109 Å². The average Bonchev–Trinajstić information content (AvgIpc) is 3.46. The van der Waals surface area contributed by atoms with E-state index >= 15 is 0 Å². The first kappa shape index (κ1) is 76.5. The van der Waals surface area contributed by atoms with Crippen molar-refractivity contribution in [2.75, 3.05) is 13.2 Å². The number of esters is 3. The number of allylic oxidation sites excluding steroid dienone is 22. The van der Waals surface area contributed by atoms with Crippen molar-refractivity contribution < 1.29 is 28.6 Å². The van der Waals surface area contributed by atoms with E-state index in [0.29, 0.717) is 19.3 Å². The van der Waals surface area contributed by atoms with Crippen molar-refractivity contribution >= 4 is 17.9 Å². The molecule has 0 saturated carbocycles. The molecule has 6 nitrogen and oxygen atoms in total. The summed E-state index contributed by atoms with van der Waals surface area (Å²) in [4.78, 5) is 38.4. The van der Waals surface area contributed by atoms with Crippen LogP contribution in [0.2, 0.25) is 0 Å². The third-order valence-electron chi connectivity index (χ3n) is 14.1. The molecule has 0 aromatic carbocycles. The number of unbranched alkanes of at least 4 members (excludes halogenated alkanes) is 27. The fourth-order valence-electron chi connectivity index (χ4n) is 9.08. The van der Waals surface area contributed by atoms with Crippen LogP contribution in [0.25, 0.3) is 0 Å². The highest BCUT2D eigenvalue weighted by molar-refractivity contribution is 5.71. The SMILES string of the molecule is CC/C=C\C/C=C\C/C=C\C/C=C\C/C=C\C/C=C\CCCCCCCCCCCCCCC(=O)OCC(COC(=O)CCCCCCC/C=C\C/C=C\CCC)OC(=O)CCCCCCCC/C=C\C/C=C\C/C=C\CCCCC. The van der Waals surface area contributed by atoms with Gasteiger partial charge in [0.15, 0.2) is 6.10 Å². The van der Waals surface area contributed by atoms with Gasteiger partial charge in [0.25, 0.3) is 0 Å². The van der Waals surface area contributed by atoms with Gasteiger partial charge in [-0.3, -0.25) is 14.4 Å². The maximum absolute atomic E-state index is 12.9. The number of carbonyl (C=O) groups is 3. The average molecular weight is 1120 g/mol. The Bertz CT molecular complexity index is 1720. The zero-order valence-corrected chi connectivity index (χ0v) is 52.8. The summed E-state index contributed by atoms with van der Waals surface area (Å²) in [5.74, 6) is -0.916. The molecule has 0 aliphatic carbocycles. The lowest BCUT2D eigenvalue weighted by Gasteiger charge is -2.18. The Kier molecular flexibility index (Phi) is 64.3. The van der Waals surface area contributed by atoms with E-state index in [2.05, 4.69) is 154 Å². The molecule has 6 heteroatoms. The first-order valence-corrected chi connectivity index (χ1v) is 33.7. The van der Waals surface area contributed by atoms with Gasteiger partial charge in [-0.15, -0.1) is 0 Å². The molecular formula is C75H124O6. The van der Waals surface area contributed by atoms with Crippen molar-refractivity contribution in [3.8, 4) is 0 Å². The fraction of sp³-hybridized carbons (Fsp3) is 0.667. The lowest BCUT2D eigenvalue weighted by atomic mass is 10.0. The van der Waals surface area contributed by atoms with Gasteiger partial charge >= 0.3 is 17.9 Å². The first-order chi connectivity index (χ1) is 40.0. The third kappa shape index (κ3) is 66.2. The van der Waals surface area contributed by atoms with Gasteiger partial charge in [-0.25, -0.2) is 0 Å². The van der Waals surface area contributed by atoms with Crippen LogP contribution in [0.1, 0.15) is 303 Å². The second kappa shape index (κ2) is 68.1. The molecule has 0 N–H and O–H groups in total. The van der Waals surface area contributed by atoms with Crippen molar-refractivity contribution in [1.29, 1.82) is 0 Å². The molecular weight excluding hydrogens is 997 g/mol. The van der Waals surface area contributed by atoms with Crippen molar-refractivity contribution in [1.82, 2.24) is 0 Å². The summed E-state index contributed by atoms with van der Waals surface area (Å²) in [5.41, 5.74) is 0. The summed E-state index contributed by atoms with van der Waals surface area (Å²) in [7, 11) is 0. The van der Waals surface area contributed by atoms with E-state index in [4.69, 9.17) is 14.2 Å². The quantitative estimate of drug-likeness (QED) is 0.0261. The minimum Gasteiger partial charge on any atom is -0.462 e. The Morgan fingerprint density at radius 2 is 0.506 bits per heavy atom. The Labute approximate surface area is 500 Å². The molecule has 0 aliphatic heterocycles. The molecule has 81 heavy (non-hydrogen) atoms. The van der Waals surface area contributed by atoms with Crippen LogP contribution in [-0.4, -0.2) is 37.2 Å². The summed E-state index contributed by atoms with van der Waals surface area (Å²) in [6, 6.07) is 0. The minimum absolute atomic E-state index is 0.0912. The van der Waals surface area contributed by atoms with E-state index in [9.17, 15) is 14.4 Å². The third-order valence-corrected chi connectivity index (χ3v) is 14.1. The van der Waals surface area contributed by atoms with Crippen LogP contribution >= 0.6 is 0 Å². The summed E-state index contributed by atoms with van der Waals surface area (Å²) in [6.45, 7) is 6.42. The van der Waals surface area contributed by atoms with Crippen molar-refractivity contribution in [2.45, 2.75) is 309 Å². The Balaban J connectivity index is 4.30. The van der Waals surface area contributed by atoms with Crippen LogP contribution in [-0.2, 0) is 28.6 Å². The van der Waals surface area contributed by atoms with Crippen LogP contribution in [0.15, 0.2) is 134 Å². The molecule has 0 aromatic rings. The predicted molar refractivity (Wildman–Crippen MR) is 353 cm³/mol. The van der Waals surface area contributed by atoms with E-state index in [1.54, 1.807) is 0 Å². The van der Waals surface area contributed by atoms with E-state index in [0.717, 1.165) is 154 Å².